The molecular weight excluding hydrogens is 232 g/mol. The summed E-state index contributed by atoms with van der Waals surface area (Å²) in [6.07, 6.45) is 2.36. The van der Waals surface area contributed by atoms with E-state index in [4.69, 9.17) is 0 Å². The van der Waals surface area contributed by atoms with Crippen molar-refractivity contribution in [1.82, 2.24) is 4.98 Å². The largest absolute Gasteiger partial charge is 0.258 e. The van der Waals surface area contributed by atoms with E-state index >= 15 is 0 Å². The molecule has 0 aromatic carbocycles. The van der Waals surface area contributed by atoms with Crippen LogP contribution in [0, 0.1) is 0 Å². The van der Waals surface area contributed by atoms with Crippen molar-refractivity contribution in [3.05, 3.63) is 11.1 Å². The minimum Gasteiger partial charge on any atom is -0.258 e. The van der Waals surface area contributed by atoms with E-state index in [1.807, 2.05) is 5.38 Å². The third-order valence-electron chi connectivity index (χ3n) is 2.37. The molecule has 1 aromatic rings. The molecule has 1 aromatic heterocycles. The first-order chi connectivity index (χ1) is 6.99. The molecule has 15 heavy (non-hydrogen) atoms. The molecule has 0 atom stereocenters. The lowest BCUT2D eigenvalue weighted by molar-refractivity contribution is 0.592. The van der Waals surface area contributed by atoms with Crippen molar-refractivity contribution in [2.24, 2.45) is 0 Å². The Hall–Kier alpha value is -0.620. The van der Waals surface area contributed by atoms with Crippen molar-refractivity contribution in [3.8, 4) is 0 Å². The second-order valence-corrected chi connectivity index (χ2v) is 7.14. The zero-order chi connectivity index (χ0) is 11.1. The molecule has 2 rings (SSSR count). The molecule has 0 amide bonds. The number of hydrogen-bond acceptors (Lipinski definition) is 4. The predicted molar refractivity (Wildman–Crippen MR) is 61.8 cm³/mol. The van der Waals surface area contributed by atoms with E-state index < -0.39 is 15.3 Å². The first-order valence-corrected chi connectivity index (χ1v) is 7.38. The van der Waals surface area contributed by atoms with Crippen LogP contribution in [-0.2, 0) is 10.0 Å². The molecule has 4 nitrogen and oxygen atoms in total. The third kappa shape index (κ3) is 2.49. The number of nitrogens with one attached hydrogen (secondary N) is 1. The van der Waals surface area contributed by atoms with E-state index in [0.717, 1.165) is 5.69 Å². The van der Waals surface area contributed by atoms with Crippen molar-refractivity contribution < 1.29 is 8.42 Å². The summed E-state index contributed by atoms with van der Waals surface area (Å²) in [5.41, 5.74) is 1.03. The number of aromatic nitrogens is 1. The van der Waals surface area contributed by atoms with Gasteiger partial charge < -0.3 is 0 Å². The van der Waals surface area contributed by atoms with Gasteiger partial charge in [-0.25, -0.2) is 13.4 Å². The fraction of sp³-hybridized carbons (Fsp3) is 0.667. The molecule has 0 saturated heterocycles. The van der Waals surface area contributed by atoms with Gasteiger partial charge in [-0.2, -0.15) is 0 Å². The van der Waals surface area contributed by atoms with Crippen LogP contribution in [0.25, 0.3) is 0 Å². The molecule has 1 fully saturated rings. The lowest BCUT2D eigenvalue weighted by Crippen LogP contribution is -2.22. The maximum absolute atomic E-state index is 11.6. The lowest BCUT2D eigenvalue weighted by atomic mass is 10.3. The number of sulfonamides is 1. The van der Waals surface area contributed by atoms with Crippen LogP contribution in [0.1, 0.15) is 38.3 Å². The second kappa shape index (κ2) is 3.75. The Morgan fingerprint density at radius 1 is 1.53 bits per heavy atom. The molecule has 1 N–H and O–H groups in total. The van der Waals surface area contributed by atoms with Gasteiger partial charge in [-0.15, -0.1) is 11.3 Å². The Balaban J connectivity index is 2.10. The zero-order valence-corrected chi connectivity index (χ0v) is 10.4. The fourth-order valence-electron chi connectivity index (χ4n) is 1.14. The summed E-state index contributed by atoms with van der Waals surface area (Å²) < 4.78 is 25.6. The molecule has 1 aliphatic carbocycles. The van der Waals surface area contributed by atoms with Gasteiger partial charge >= 0.3 is 0 Å². The van der Waals surface area contributed by atoms with Gasteiger partial charge in [0.05, 0.1) is 10.9 Å². The van der Waals surface area contributed by atoms with Gasteiger partial charge in [0.1, 0.15) is 0 Å². The van der Waals surface area contributed by atoms with Crippen LogP contribution in [-0.4, -0.2) is 18.7 Å². The molecule has 0 aliphatic heterocycles. The van der Waals surface area contributed by atoms with Crippen LogP contribution >= 0.6 is 11.3 Å². The molecule has 1 saturated carbocycles. The minimum atomic E-state index is -3.25. The summed E-state index contributed by atoms with van der Waals surface area (Å²) >= 11 is 1.36. The monoisotopic (exact) mass is 246 g/mol. The quantitative estimate of drug-likeness (QED) is 0.885. The van der Waals surface area contributed by atoms with Gasteiger partial charge in [-0.1, -0.05) is 0 Å². The topological polar surface area (TPSA) is 59.1 Å². The maximum atomic E-state index is 11.6. The standard InChI is InChI=1S/C9H14N2O2S2/c1-6(2)15(12,13)11-9-10-8(5-14-9)7-3-4-7/h5-7H,3-4H2,1-2H3,(H,10,11). The highest BCUT2D eigenvalue weighted by Crippen LogP contribution is 2.40. The highest BCUT2D eigenvalue weighted by Gasteiger charge is 2.27. The summed E-state index contributed by atoms with van der Waals surface area (Å²) in [6, 6.07) is 0. The van der Waals surface area contributed by atoms with Gasteiger partial charge in [0.25, 0.3) is 0 Å². The van der Waals surface area contributed by atoms with E-state index in [2.05, 4.69) is 9.71 Å². The average molecular weight is 246 g/mol. The van der Waals surface area contributed by atoms with Crippen LogP contribution in [0.15, 0.2) is 5.38 Å². The van der Waals surface area contributed by atoms with E-state index in [1.165, 1.54) is 24.2 Å². The summed E-state index contributed by atoms with van der Waals surface area (Å²) in [5.74, 6) is 0.568. The third-order valence-corrected chi connectivity index (χ3v) is 4.99. The number of anilines is 1. The molecule has 6 heteroatoms. The van der Waals surface area contributed by atoms with Gasteiger partial charge in [0.15, 0.2) is 5.13 Å². The van der Waals surface area contributed by atoms with Gasteiger partial charge in [-0.3, -0.25) is 4.72 Å². The minimum absolute atomic E-state index is 0.425. The molecule has 84 valence electrons. The molecule has 0 radical (unpaired) electrons. The SMILES string of the molecule is CC(C)S(=O)(=O)Nc1nc(C2CC2)cs1. The number of hydrogen-bond donors (Lipinski definition) is 1. The maximum Gasteiger partial charge on any atom is 0.236 e. The molecule has 1 heterocycles. The highest BCUT2D eigenvalue weighted by molar-refractivity contribution is 7.93. The molecule has 0 spiro atoms. The highest BCUT2D eigenvalue weighted by atomic mass is 32.2. The van der Waals surface area contributed by atoms with E-state index in [1.54, 1.807) is 13.8 Å². The summed E-state index contributed by atoms with van der Waals surface area (Å²) in [5, 5.41) is 2.01. The smallest absolute Gasteiger partial charge is 0.236 e. The lowest BCUT2D eigenvalue weighted by Gasteiger charge is -2.07. The Kier molecular flexibility index (Phi) is 2.72. The molecule has 1 aliphatic rings. The summed E-state index contributed by atoms with van der Waals surface area (Å²) in [4.78, 5) is 4.27. The van der Waals surface area contributed by atoms with Gasteiger partial charge in [0, 0.05) is 11.3 Å². The fourth-order valence-corrected chi connectivity index (χ4v) is 2.84. The Bertz CT molecular complexity index is 446. The summed E-state index contributed by atoms with van der Waals surface area (Å²) in [7, 11) is -3.25. The van der Waals surface area contributed by atoms with Crippen molar-refractivity contribution in [3.63, 3.8) is 0 Å². The first kappa shape index (κ1) is 10.9. The number of nitrogens with zero attached hydrogens (tertiary/aromatic N) is 1. The molecule has 0 unspecified atom stereocenters. The van der Waals surface area contributed by atoms with Crippen LogP contribution < -0.4 is 4.72 Å². The van der Waals surface area contributed by atoms with Crippen molar-refractivity contribution in [2.75, 3.05) is 4.72 Å². The first-order valence-electron chi connectivity index (χ1n) is 4.96. The van der Waals surface area contributed by atoms with Crippen LogP contribution in [0.4, 0.5) is 5.13 Å². The van der Waals surface area contributed by atoms with Crippen molar-refractivity contribution in [1.29, 1.82) is 0 Å². The second-order valence-electron chi connectivity index (χ2n) is 4.05. The van der Waals surface area contributed by atoms with E-state index in [-0.39, 0.29) is 0 Å². The normalized spacial score (nSPS) is 17.0. The average Bonchev–Trinajstić information content (AvgIpc) is 2.88. The Labute approximate surface area is 93.8 Å². The van der Waals surface area contributed by atoms with Gasteiger partial charge in [0.2, 0.25) is 10.0 Å². The molecule has 0 bridgehead atoms. The van der Waals surface area contributed by atoms with Crippen molar-refractivity contribution in [2.45, 2.75) is 37.9 Å². The Morgan fingerprint density at radius 2 is 2.20 bits per heavy atom. The van der Waals surface area contributed by atoms with E-state index in [9.17, 15) is 8.42 Å². The van der Waals surface area contributed by atoms with Crippen LogP contribution in [0.2, 0.25) is 0 Å². The van der Waals surface area contributed by atoms with E-state index in [0.29, 0.717) is 11.0 Å². The van der Waals surface area contributed by atoms with Crippen molar-refractivity contribution >= 4 is 26.5 Å². The predicted octanol–water partition coefficient (Wildman–Crippen LogP) is 2.17. The zero-order valence-electron chi connectivity index (χ0n) is 8.73. The van der Waals surface area contributed by atoms with Gasteiger partial charge in [-0.05, 0) is 26.7 Å². The number of thiazole rings is 1. The van der Waals surface area contributed by atoms with Crippen LogP contribution in [0.5, 0.6) is 0 Å². The Morgan fingerprint density at radius 3 is 2.73 bits per heavy atom. The summed E-state index contributed by atoms with van der Waals surface area (Å²) in [6.45, 7) is 3.30. The van der Waals surface area contributed by atoms with Crippen LogP contribution in [0.3, 0.4) is 0 Å². The number of rotatable bonds is 4. The molecular formula is C9H14N2O2S2.